The molecule has 0 atom stereocenters. The van der Waals surface area contributed by atoms with E-state index in [0.717, 1.165) is 49.3 Å². The number of piperidine rings is 1. The highest BCUT2D eigenvalue weighted by Crippen LogP contribution is 2.30. The lowest BCUT2D eigenvalue weighted by Crippen LogP contribution is -2.43. The van der Waals surface area contributed by atoms with E-state index < -0.39 is 0 Å². The normalized spacial score (nSPS) is 17.6. The van der Waals surface area contributed by atoms with Crippen molar-refractivity contribution >= 4 is 11.6 Å². The van der Waals surface area contributed by atoms with Crippen molar-refractivity contribution in [2.45, 2.75) is 47.0 Å². The number of amides is 1. The van der Waals surface area contributed by atoms with Gasteiger partial charge in [-0.15, -0.1) is 0 Å². The van der Waals surface area contributed by atoms with E-state index in [0.29, 0.717) is 0 Å². The first-order valence-electron chi connectivity index (χ1n) is 8.07. The van der Waals surface area contributed by atoms with Crippen molar-refractivity contribution in [3.8, 4) is 0 Å². The van der Waals surface area contributed by atoms with Crippen molar-refractivity contribution in [1.29, 1.82) is 0 Å². The molecule has 1 aromatic carbocycles. The number of benzene rings is 1. The van der Waals surface area contributed by atoms with Crippen LogP contribution in [0.25, 0.3) is 0 Å². The molecule has 0 aliphatic carbocycles. The first kappa shape index (κ1) is 15.9. The SMILES string of the molecule is CCCNc1ccc(C)cc1C(=O)N1CCCC(C)(C)C1. The fourth-order valence-corrected chi connectivity index (χ4v) is 3.02. The van der Waals surface area contributed by atoms with Gasteiger partial charge in [-0.2, -0.15) is 0 Å². The third-order valence-corrected chi connectivity index (χ3v) is 4.16. The van der Waals surface area contributed by atoms with Gasteiger partial charge in [0.1, 0.15) is 0 Å². The Labute approximate surface area is 128 Å². The van der Waals surface area contributed by atoms with E-state index in [-0.39, 0.29) is 11.3 Å². The third kappa shape index (κ3) is 3.99. The van der Waals surface area contributed by atoms with Crippen molar-refractivity contribution in [3.63, 3.8) is 0 Å². The Hall–Kier alpha value is -1.51. The topological polar surface area (TPSA) is 32.3 Å². The van der Waals surface area contributed by atoms with Crippen LogP contribution < -0.4 is 5.32 Å². The number of likely N-dealkylation sites (tertiary alicyclic amines) is 1. The Bertz CT molecular complexity index is 508. The zero-order valence-electron chi connectivity index (χ0n) is 13.8. The summed E-state index contributed by atoms with van der Waals surface area (Å²) in [5.41, 5.74) is 3.16. The standard InChI is InChI=1S/C18H28N2O/c1-5-10-19-16-8-7-14(2)12-15(16)17(21)20-11-6-9-18(3,4)13-20/h7-8,12,19H,5-6,9-11,13H2,1-4H3. The molecule has 1 heterocycles. The van der Waals surface area contributed by atoms with Gasteiger partial charge in [-0.3, -0.25) is 4.79 Å². The second kappa shape index (κ2) is 6.50. The van der Waals surface area contributed by atoms with Gasteiger partial charge in [0.05, 0.1) is 5.56 Å². The van der Waals surface area contributed by atoms with Crippen LogP contribution >= 0.6 is 0 Å². The Morgan fingerprint density at radius 2 is 2.14 bits per heavy atom. The Morgan fingerprint density at radius 1 is 1.38 bits per heavy atom. The molecule has 0 saturated carbocycles. The first-order valence-corrected chi connectivity index (χ1v) is 8.07. The van der Waals surface area contributed by atoms with E-state index in [4.69, 9.17) is 0 Å². The van der Waals surface area contributed by atoms with Crippen molar-refractivity contribution in [1.82, 2.24) is 4.90 Å². The van der Waals surface area contributed by atoms with Crippen molar-refractivity contribution in [2.24, 2.45) is 5.41 Å². The summed E-state index contributed by atoms with van der Waals surface area (Å²) in [5.74, 6) is 0.171. The maximum absolute atomic E-state index is 12.9. The molecule has 1 aliphatic rings. The van der Waals surface area contributed by atoms with Crippen LogP contribution in [0.1, 0.15) is 56.0 Å². The highest BCUT2D eigenvalue weighted by molar-refractivity contribution is 6.00. The molecule has 3 nitrogen and oxygen atoms in total. The summed E-state index contributed by atoms with van der Waals surface area (Å²) in [6, 6.07) is 6.12. The molecule has 1 saturated heterocycles. The second-order valence-electron chi connectivity index (χ2n) is 6.97. The smallest absolute Gasteiger partial charge is 0.255 e. The predicted octanol–water partition coefficient (Wildman–Crippen LogP) is 4.08. The second-order valence-corrected chi connectivity index (χ2v) is 6.97. The minimum atomic E-state index is 0.171. The lowest BCUT2D eigenvalue weighted by molar-refractivity contribution is 0.0584. The fourth-order valence-electron chi connectivity index (χ4n) is 3.02. The monoisotopic (exact) mass is 288 g/mol. The molecule has 2 rings (SSSR count). The third-order valence-electron chi connectivity index (χ3n) is 4.16. The molecular formula is C18H28N2O. The summed E-state index contributed by atoms with van der Waals surface area (Å²) < 4.78 is 0. The molecule has 1 N–H and O–H groups in total. The molecule has 1 aliphatic heterocycles. The number of nitrogens with one attached hydrogen (secondary N) is 1. The number of carbonyl (C=O) groups is 1. The summed E-state index contributed by atoms with van der Waals surface area (Å²) >= 11 is 0. The first-order chi connectivity index (χ1) is 9.93. The maximum atomic E-state index is 12.9. The Morgan fingerprint density at radius 3 is 2.81 bits per heavy atom. The number of aryl methyl sites for hydroxylation is 1. The van der Waals surface area contributed by atoms with Crippen LogP contribution in [0.3, 0.4) is 0 Å². The van der Waals surface area contributed by atoms with Gasteiger partial charge in [-0.05, 0) is 43.7 Å². The molecule has 1 aromatic rings. The minimum absolute atomic E-state index is 0.171. The van der Waals surface area contributed by atoms with Crippen molar-refractivity contribution in [3.05, 3.63) is 29.3 Å². The zero-order valence-corrected chi connectivity index (χ0v) is 13.8. The maximum Gasteiger partial charge on any atom is 0.255 e. The average Bonchev–Trinajstić information content (AvgIpc) is 2.44. The molecular weight excluding hydrogens is 260 g/mol. The van der Waals surface area contributed by atoms with Gasteiger partial charge >= 0.3 is 0 Å². The summed E-state index contributed by atoms with van der Waals surface area (Å²) in [5, 5.41) is 3.38. The number of carbonyl (C=O) groups excluding carboxylic acids is 1. The van der Waals surface area contributed by atoms with E-state index in [1.165, 1.54) is 6.42 Å². The summed E-state index contributed by atoms with van der Waals surface area (Å²) in [6.07, 6.45) is 3.35. The summed E-state index contributed by atoms with van der Waals surface area (Å²) in [4.78, 5) is 14.9. The average molecular weight is 288 g/mol. The van der Waals surface area contributed by atoms with E-state index in [2.05, 4.69) is 32.2 Å². The molecule has 1 fully saturated rings. The number of hydrogen-bond donors (Lipinski definition) is 1. The van der Waals surface area contributed by atoms with Crippen molar-refractivity contribution in [2.75, 3.05) is 25.0 Å². The minimum Gasteiger partial charge on any atom is -0.384 e. The van der Waals surface area contributed by atoms with E-state index in [1.54, 1.807) is 0 Å². The fraction of sp³-hybridized carbons (Fsp3) is 0.611. The van der Waals surface area contributed by atoms with Gasteiger partial charge in [0, 0.05) is 25.3 Å². The molecule has 0 unspecified atom stereocenters. The largest absolute Gasteiger partial charge is 0.384 e. The highest BCUT2D eigenvalue weighted by atomic mass is 16.2. The van der Waals surface area contributed by atoms with Crippen LogP contribution in [0.5, 0.6) is 0 Å². The Kier molecular flexibility index (Phi) is 4.92. The number of hydrogen-bond acceptors (Lipinski definition) is 2. The predicted molar refractivity (Wildman–Crippen MR) is 88.9 cm³/mol. The molecule has 116 valence electrons. The summed E-state index contributed by atoms with van der Waals surface area (Å²) in [7, 11) is 0. The van der Waals surface area contributed by atoms with E-state index in [1.807, 2.05) is 24.0 Å². The molecule has 0 spiro atoms. The molecule has 1 amide bonds. The van der Waals surface area contributed by atoms with Crippen molar-refractivity contribution < 1.29 is 4.79 Å². The van der Waals surface area contributed by atoms with Gasteiger partial charge < -0.3 is 10.2 Å². The van der Waals surface area contributed by atoms with Gasteiger partial charge in [0.2, 0.25) is 0 Å². The summed E-state index contributed by atoms with van der Waals surface area (Å²) in [6.45, 7) is 11.3. The molecule has 21 heavy (non-hydrogen) atoms. The van der Waals surface area contributed by atoms with Gasteiger partial charge in [0.25, 0.3) is 5.91 Å². The van der Waals surface area contributed by atoms with E-state index >= 15 is 0 Å². The van der Waals surface area contributed by atoms with Crippen LogP contribution in [0, 0.1) is 12.3 Å². The lowest BCUT2D eigenvalue weighted by Gasteiger charge is -2.38. The number of anilines is 1. The van der Waals surface area contributed by atoms with Gasteiger partial charge in [-0.25, -0.2) is 0 Å². The van der Waals surface area contributed by atoms with Gasteiger partial charge in [-0.1, -0.05) is 32.4 Å². The van der Waals surface area contributed by atoms with Crippen LogP contribution in [-0.4, -0.2) is 30.4 Å². The number of rotatable bonds is 4. The van der Waals surface area contributed by atoms with E-state index in [9.17, 15) is 4.79 Å². The number of nitrogens with zero attached hydrogens (tertiary/aromatic N) is 1. The highest BCUT2D eigenvalue weighted by Gasteiger charge is 2.30. The Balaban J connectivity index is 2.23. The molecule has 3 heteroatoms. The van der Waals surface area contributed by atoms with Gasteiger partial charge in [0.15, 0.2) is 0 Å². The molecule has 0 aromatic heterocycles. The molecule has 0 radical (unpaired) electrons. The van der Waals surface area contributed by atoms with Crippen LogP contribution in [0.2, 0.25) is 0 Å². The lowest BCUT2D eigenvalue weighted by atomic mass is 9.84. The van der Waals surface area contributed by atoms with Crippen LogP contribution in [0.15, 0.2) is 18.2 Å². The quantitative estimate of drug-likeness (QED) is 0.905. The molecule has 0 bridgehead atoms. The zero-order chi connectivity index (χ0) is 15.5. The van der Waals surface area contributed by atoms with Crippen LogP contribution in [-0.2, 0) is 0 Å². The van der Waals surface area contributed by atoms with Crippen LogP contribution in [0.4, 0.5) is 5.69 Å².